The van der Waals surface area contributed by atoms with E-state index in [9.17, 15) is 0 Å². The second-order valence-electron chi connectivity index (χ2n) is 4.86. The molecule has 0 bridgehead atoms. The van der Waals surface area contributed by atoms with Crippen LogP contribution in [0.5, 0.6) is 0 Å². The summed E-state index contributed by atoms with van der Waals surface area (Å²) in [5.74, 6) is 0. The number of anilines is 1. The molecule has 3 rings (SSSR count). The quantitative estimate of drug-likeness (QED) is 0.702. The fraction of sp³-hybridized carbons (Fsp3) is 0.118. The fourth-order valence-corrected chi connectivity index (χ4v) is 2.28. The lowest BCUT2D eigenvalue weighted by Gasteiger charge is -2.07. The molecule has 1 heterocycles. The van der Waals surface area contributed by atoms with Crippen molar-refractivity contribution in [1.82, 2.24) is 4.98 Å². The Morgan fingerprint density at radius 1 is 1.00 bits per heavy atom. The summed E-state index contributed by atoms with van der Waals surface area (Å²) in [6.45, 7) is 2.11. The number of benzene rings is 2. The van der Waals surface area contributed by atoms with Gasteiger partial charge in [-0.1, -0.05) is 30.3 Å². The minimum absolute atomic E-state index is 0.807. The van der Waals surface area contributed by atoms with Gasteiger partial charge in [-0.15, -0.1) is 0 Å². The van der Waals surface area contributed by atoms with Crippen LogP contribution >= 0.6 is 0 Å². The van der Waals surface area contributed by atoms with E-state index in [-0.39, 0.29) is 0 Å². The van der Waals surface area contributed by atoms with Crippen molar-refractivity contribution in [1.29, 1.82) is 0 Å². The average Bonchev–Trinajstić information content (AvgIpc) is 2.43. The number of hydrogen-bond acceptors (Lipinski definition) is 2. The Labute approximate surface area is 112 Å². The standard InChI is InChI=1S/C17H16N2/c1-12-6-8-15(18)10-14(12)11-16-9-7-13-4-2-3-5-17(13)19-16/h2-10H,11,18H2,1H3. The number of nitrogens with two attached hydrogens (primary N) is 1. The van der Waals surface area contributed by atoms with Crippen LogP contribution in [0.3, 0.4) is 0 Å². The van der Waals surface area contributed by atoms with Crippen molar-refractivity contribution in [2.75, 3.05) is 5.73 Å². The van der Waals surface area contributed by atoms with Gasteiger partial charge in [0.05, 0.1) is 5.52 Å². The number of nitrogen functional groups attached to an aromatic ring is 1. The van der Waals surface area contributed by atoms with E-state index in [4.69, 9.17) is 10.7 Å². The molecule has 0 saturated heterocycles. The van der Waals surface area contributed by atoms with Gasteiger partial charge >= 0.3 is 0 Å². The highest BCUT2D eigenvalue weighted by molar-refractivity contribution is 5.78. The lowest BCUT2D eigenvalue weighted by atomic mass is 10.0. The third kappa shape index (κ3) is 2.43. The molecule has 0 aliphatic rings. The van der Waals surface area contributed by atoms with Gasteiger partial charge in [0.2, 0.25) is 0 Å². The first-order valence-corrected chi connectivity index (χ1v) is 6.42. The Kier molecular flexibility index (Phi) is 2.92. The van der Waals surface area contributed by atoms with Crippen molar-refractivity contribution in [3.05, 3.63) is 71.4 Å². The molecule has 1 aromatic heterocycles. The minimum Gasteiger partial charge on any atom is -0.399 e. The van der Waals surface area contributed by atoms with Crippen LogP contribution in [0.4, 0.5) is 5.69 Å². The van der Waals surface area contributed by atoms with Crippen LogP contribution in [0.2, 0.25) is 0 Å². The van der Waals surface area contributed by atoms with E-state index in [0.717, 1.165) is 23.3 Å². The molecule has 19 heavy (non-hydrogen) atoms. The molecule has 2 nitrogen and oxygen atoms in total. The number of rotatable bonds is 2. The summed E-state index contributed by atoms with van der Waals surface area (Å²) in [5.41, 5.74) is 11.3. The number of fused-ring (bicyclic) bond motifs is 1. The molecule has 0 aliphatic carbocycles. The summed E-state index contributed by atoms with van der Waals surface area (Å²) in [7, 11) is 0. The van der Waals surface area contributed by atoms with Gasteiger partial charge < -0.3 is 5.73 Å². The van der Waals surface area contributed by atoms with E-state index in [0.29, 0.717) is 0 Å². The van der Waals surface area contributed by atoms with Gasteiger partial charge in [-0.25, -0.2) is 0 Å². The summed E-state index contributed by atoms with van der Waals surface area (Å²) in [6, 6.07) is 18.4. The predicted octanol–water partition coefficient (Wildman–Crippen LogP) is 3.72. The summed E-state index contributed by atoms with van der Waals surface area (Å²) >= 11 is 0. The molecule has 0 fully saturated rings. The minimum atomic E-state index is 0.807. The molecule has 2 heteroatoms. The molecular weight excluding hydrogens is 232 g/mol. The highest BCUT2D eigenvalue weighted by Crippen LogP contribution is 2.18. The Hall–Kier alpha value is -2.35. The van der Waals surface area contributed by atoms with E-state index < -0.39 is 0 Å². The van der Waals surface area contributed by atoms with Crippen LogP contribution < -0.4 is 5.73 Å². The second-order valence-corrected chi connectivity index (χ2v) is 4.86. The summed E-state index contributed by atoms with van der Waals surface area (Å²) in [4.78, 5) is 4.70. The molecule has 0 saturated carbocycles. The van der Waals surface area contributed by atoms with E-state index >= 15 is 0 Å². The molecule has 2 aromatic carbocycles. The average molecular weight is 248 g/mol. The van der Waals surface area contributed by atoms with Gasteiger partial charge in [0, 0.05) is 23.2 Å². The number of aryl methyl sites for hydroxylation is 1. The number of pyridine rings is 1. The first-order chi connectivity index (χ1) is 9.22. The number of hydrogen-bond donors (Lipinski definition) is 1. The molecule has 94 valence electrons. The highest BCUT2D eigenvalue weighted by Gasteiger charge is 2.03. The lowest BCUT2D eigenvalue weighted by molar-refractivity contribution is 1.08. The topological polar surface area (TPSA) is 38.9 Å². The van der Waals surface area contributed by atoms with Gasteiger partial charge in [-0.2, -0.15) is 0 Å². The van der Waals surface area contributed by atoms with Crippen molar-refractivity contribution in [2.24, 2.45) is 0 Å². The third-order valence-electron chi connectivity index (χ3n) is 3.40. The first-order valence-electron chi connectivity index (χ1n) is 6.42. The van der Waals surface area contributed by atoms with Crippen molar-refractivity contribution in [3.63, 3.8) is 0 Å². The smallest absolute Gasteiger partial charge is 0.0705 e. The maximum atomic E-state index is 5.85. The van der Waals surface area contributed by atoms with Gasteiger partial charge in [0.25, 0.3) is 0 Å². The lowest BCUT2D eigenvalue weighted by Crippen LogP contribution is -1.97. The van der Waals surface area contributed by atoms with Gasteiger partial charge in [0.1, 0.15) is 0 Å². The number of nitrogens with zero attached hydrogens (tertiary/aromatic N) is 1. The Morgan fingerprint density at radius 3 is 2.74 bits per heavy atom. The molecule has 0 radical (unpaired) electrons. The molecular formula is C17H16N2. The van der Waals surface area contributed by atoms with Crippen LogP contribution in [0.1, 0.15) is 16.8 Å². The van der Waals surface area contributed by atoms with Crippen molar-refractivity contribution in [3.8, 4) is 0 Å². The van der Waals surface area contributed by atoms with E-state index in [1.54, 1.807) is 0 Å². The summed E-state index contributed by atoms with van der Waals surface area (Å²) in [5, 5.41) is 1.18. The number of aromatic nitrogens is 1. The van der Waals surface area contributed by atoms with Gasteiger partial charge in [-0.3, -0.25) is 4.98 Å². The van der Waals surface area contributed by atoms with Crippen LogP contribution in [0.25, 0.3) is 10.9 Å². The monoisotopic (exact) mass is 248 g/mol. The number of para-hydroxylation sites is 1. The molecule has 0 atom stereocenters. The van der Waals surface area contributed by atoms with Crippen molar-refractivity contribution < 1.29 is 0 Å². The summed E-state index contributed by atoms with van der Waals surface area (Å²) < 4.78 is 0. The largest absolute Gasteiger partial charge is 0.399 e. The normalized spacial score (nSPS) is 10.8. The first kappa shape index (κ1) is 11.7. The zero-order valence-electron chi connectivity index (χ0n) is 10.9. The Bertz CT molecular complexity index is 732. The van der Waals surface area contributed by atoms with E-state index in [2.05, 4.69) is 31.2 Å². The van der Waals surface area contributed by atoms with Crippen LogP contribution in [-0.2, 0) is 6.42 Å². The molecule has 2 N–H and O–H groups in total. The highest BCUT2D eigenvalue weighted by atomic mass is 14.7. The fourth-order valence-electron chi connectivity index (χ4n) is 2.28. The zero-order valence-corrected chi connectivity index (χ0v) is 10.9. The predicted molar refractivity (Wildman–Crippen MR) is 80.1 cm³/mol. The van der Waals surface area contributed by atoms with E-state index in [1.807, 2.05) is 30.3 Å². The van der Waals surface area contributed by atoms with Crippen LogP contribution in [0.15, 0.2) is 54.6 Å². The molecule has 3 aromatic rings. The van der Waals surface area contributed by atoms with Gasteiger partial charge in [0.15, 0.2) is 0 Å². The molecule has 0 spiro atoms. The van der Waals surface area contributed by atoms with Gasteiger partial charge in [-0.05, 0) is 42.3 Å². The van der Waals surface area contributed by atoms with Crippen molar-refractivity contribution >= 4 is 16.6 Å². The van der Waals surface area contributed by atoms with Crippen LogP contribution in [-0.4, -0.2) is 4.98 Å². The third-order valence-corrected chi connectivity index (χ3v) is 3.40. The maximum Gasteiger partial charge on any atom is 0.0705 e. The molecule has 0 unspecified atom stereocenters. The molecule has 0 amide bonds. The SMILES string of the molecule is Cc1ccc(N)cc1Cc1ccc2ccccc2n1. The summed E-state index contributed by atoms with van der Waals surface area (Å²) in [6.07, 6.45) is 0.821. The van der Waals surface area contributed by atoms with Crippen molar-refractivity contribution in [2.45, 2.75) is 13.3 Å². The van der Waals surface area contributed by atoms with E-state index in [1.165, 1.54) is 16.5 Å². The maximum absolute atomic E-state index is 5.85. The van der Waals surface area contributed by atoms with Crippen LogP contribution in [0, 0.1) is 6.92 Å². The molecule has 0 aliphatic heterocycles. The Balaban J connectivity index is 1.98. The zero-order chi connectivity index (χ0) is 13.2. The Morgan fingerprint density at radius 2 is 1.84 bits per heavy atom. The second kappa shape index (κ2) is 4.73.